The first-order chi connectivity index (χ1) is 16.0. The number of rotatable bonds is 6. The molecule has 2 N–H and O–H groups in total. The number of pyridine rings is 1. The number of hydrogen-bond donors (Lipinski definition) is 2. The highest BCUT2D eigenvalue weighted by molar-refractivity contribution is 6.30. The number of fused-ring (bicyclic) bond motifs is 1. The molecule has 0 radical (unpaired) electrons. The van der Waals surface area contributed by atoms with Gasteiger partial charge < -0.3 is 15.0 Å². The second-order valence-electron chi connectivity index (χ2n) is 7.10. The van der Waals surface area contributed by atoms with Crippen LogP contribution in [0.3, 0.4) is 0 Å². The van der Waals surface area contributed by atoms with Gasteiger partial charge in [-0.25, -0.2) is 4.98 Å². The Kier molecular flexibility index (Phi) is 5.45. The van der Waals surface area contributed by atoms with Gasteiger partial charge in [0.2, 0.25) is 17.8 Å². The van der Waals surface area contributed by atoms with Crippen molar-refractivity contribution in [1.29, 1.82) is 0 Å². The molecule has 3 aromatic heterocycles. The second kappa shape index (κ2) is 8.71. The third kappa shape index (κ3) is 4.53. The van der Waals surface area contributed by atoms with Crippen LogP contribution in [0.1, 0.15) is 5.56 Å². The van der Waals surface area contributed by atoms with E-state index in [0.717, 1.165) is 5.56 Å². The van der Waals surface area contributed by atoms with E-state index in [9.17, 15) is 9.18 Å². The zero-order valence-electron chi connectivity index (χ0n) is 17.0. The predicted octanol–water partition coefficient (Wildman–Crippen LogP) is 4.89. The Bertz CT molecular complexity index is 1480. The Labute approximate surface area is 191 Å². The molecule has 33 heavy (non-hydrogen) atoms. The van der Waals surface area contributed by atoms with Crippen molar-refractivity contribution < 1.29 is 9.13 Å². The van der Waals surface area contributed by atoms with Crippen LogP contribution in [-0.4, -0.2) is 24.5 Å². The number of ether oxygens (including phenoxy) is 1. The minimum atomic E-state index is -0.621. The van der Waals surface area contributed by atoms with Crippen LogP contribution in [-0.2, 0) is 6.54 Å². The third-order valence-electron chi connectivity index (χ3n) is 4.83. The van der Waals surface area contributed by atoms with Crippen LogP contribution in [0, 0.1) is 5.95 Å². The third-order valence-corrected chi connectivity index (χ3v) is 5.08. The van der Waals surface area contributed by atoms with Crippen LogP contribution in [0.15, 0.2) is 77.9 Å². The number of aromatic amines is 1. The van der Waals surface area contributed by atoms with Gasteiger partial charge in [0.05, 0.1) is 12.9 Å². The van der Waals surface area contributed by atoms with E-state index in [2.05, 4.69) is 25.3 Å². The van der Waals surface area contributed by atoms with Crippen molar-refractivity contribution in [3.05, 3.63) is 99.9 Å². The summed E-state index contributed by atoms with van der Waals surface area (Å²) in [4.78, 5) is 27.5. The number of halogens is 2. The van der Waals surface area contributed by atoms with Crippen LogP contribution in [0.2, 0.25) is 5.02 Å². The first-order valence-electron chi connectivity index (χ1n) is 9.91. The summed E-state index contributed by atoms with van der Waals surface area (Å²) in [7, 11) is 0. The summed E-state index contributed by atoms with van der Waals surface area (Å²) in [5.41, 5.74) is 2.00. The lowest BCUT2D eigenvalue weighted by molar-refractivity contribution is 0.445. The standard InChI is InChI=1S/C23H16ClFN6O2/c24-15-6-4-14(5-7-15)12-31-21-20(26-13-27-21)22(32)30-23(31)28-16-8-10-17(11-9-16)33-19-3-1-2-18(25)29-19/h1-11,13H,12H2,(H,26,27)(H,28,30,32). The molecule has 0 saturated carbocycles. The second-order valence-corrected chi connectivity index (χ2v) is 7.54. The monoisotopic (exact) mass is 462 g/mol. The summed E-state index contributed by atoms with van der Waals surface area (Å²) in [5.74, 6) is 0.338. The number of anilines is 2. The smallest absolute Gasteiger partial charge is 0.300 e. The fourth-order valence-electron chi connectivity index (χ4n) is 3.28. The minimum Gasteiger partial charge on any atom is -0.439 e. The summed E-state index contributed by atoms with van der Waals surface area (Å²) >= 11 is 6.00. The first kappa shape index (κ1) is 20.7. The lowest BCUT2D eigenvalue weighted by Gasteiger charge is -2.15. The SMILES string of the molecule is O=c1nc(Nc2ccc(Oc3cccc(F)n3)cc2)n(Cc2ccc(Cl)cc2)c2nc[nH]c12. The van der Waals surface area contributed by atoms with Gasteiger partial charge in [-0.2, -0.15) is 14.4 Å². The lowest BCUT2D eigenvalue weighted by Crippen LogP contribution is -2.18. The molecular weight excluding hydrogens is 447 g/mol. The lowest BCUT2D eigenvalue weighted by atomic mass is 10.2. The maximum atomic E-state index is 13.3. The molecule has 0 bridgehead atoms. The Balaban J connectivity index is 1.44. The van der Waals surface area contributed by atoms with Crippen molar-refractivity contribution in [3.8, 4) is 11.6 Å². The van der Waals surface area contributed by atoms with E-state index in [-0.39, 0.29) is 5.88 Å². The van der Waals surface area contributed by atoms with E-state index >= 15 is 0 Å². The van der Waals surface area contributed by atoms with Gasteiger partial charge in [0, 0.05) is 16.8 Å². The highest BCUT2D eigenvalue weighted by Crippen LogP contribution is 2.24. The number of aromatic nitrogens is 5. The molecule has 10 heteroatoms. The fraction of sp³-hybridized carbons (Fsp3) is 0.0435. The minimum absolute atomic E-state index is 0.151. The molecule has 0 unspecified atom stereocenters. The molecule has 0 aliphatic heterocycles. The predicted molar refractivity (Wildman–Crippen MR) is 123 cm³/mol. The zero-order chi connectivity index (χ0) is 22.8. The van der Waals surface area contributed by atoms with E-state index in [1.54, 1.807) is 47.0 Å². The van der Waals surface area contributed by atoms with Gasteiger partial charge in [0.15, 0.2) is 11.2 Å². The van der Waals surface area contributed by atoms with Gasteiger partial charge in [0.1, 0.15) is 5.75 Å². The molecule has 0 saturated heterocycles. The number of H-pyrrole nitrogens is 1. The molecule has 0 aliphatic carbocycles. The molecule has 5 rings (SSSR count). The normalized spacial score (nSPS) is 11.0. The van der Waals surface area contributed by atoms with Gasteiger partial charge in [0.25, 0.3) is 0 Å². The van der Waals surface area contributed by atoms with Gasteiger partial charge in [-0.05, 0) is 48.0 Å². The summed E-state index contributed by atoms with van der Waals surface area (Å²) in [6.45, 7) is 0.417. The van der Waals surface area contributed by atoms with E-state index < -0.39 is 11.5 Å². The van der Waals surface area contributed by atoms with Gasteiger partial charge in [-0.15, -0.1) is 0 Å². The van der Waals surface area contributed by atoms with E-state index in [1.807, 2.05) is 12.1 Å². The van der Waals surface area contributed by atoms with E-state index in [4.69, 9.17) is 16.3 Å². The molecule has 2 aromatic carbocycles. The molecule has 0 spiro atoms. The van der Waals surface area contributed by atoms with Crippen LogP contribution >= 0.6 is 11.6 Å². The molecule has 3 heterocycles. The summed E-state index contributed by atoms with van der Waals surface area (Å²) in [6.07, 6.45) is 1.46. The van der Waals surface area contributed by atoms with Gasteiger partial charge >= 0.3 is 5.56 Å². The first-order valence-corrected chi connectivity index (χ1v) is 10.3. The molecule has 5 aromatic rings. The number of nitrogens with one attached hydrogen (secondary N) is 2. The van der Waals surface area contributed by atoms with Crippen molar-refractivity contribution in [2.75, 3.05) is 5.32 Å². The van der Waals surface area contributed by atoms with Gasteiger partial charge in [-0.3, -0.25) is 9.36 Å². The molecule has 0 atom stereocenters. The summed E-state index contributed by atoms with van der Waals surface area (Å²) in [6, 6.07) is 18.6. The van der Waals surface area contributed by atoms with E-state index in [0.29, 0.717) is 40.1 Å². The summed E-state index contributed by atoms with van der Waals surface area (Å²) in [5, 5.41) is 3.80. The van der Waals surface area contributed by atoms with Crippen molar-refractivity contribution >= 4 is 34.4 Å². The highest BCUT2D eigenvalue weighted by atomic mass is 35.5. The van der Waals surface area contributed by atoms with Crippen molar-refractivity contribution in [3.63, 3.8) is 0 Å². The average Bonchev–Trinajstić information content (AvgIpc) is 3.30. The topological polar surface area (TPSA) is 97.7 Å². The Morgan fingerprint density at radius 3 is 2.58 bits per heavy atom. The maximum absolute atomic E-state index is 13.3. The van der Waals surface area contributed by atoms with Crippen molar-refractivity contribution in [2.45, 2.75) is 6.54 Å². The van der Waals surface area contributed by atoms with Crippen LogP contribution < -0.4 is 15.6 Å². The quantitative estimate of drug-likeness (QED) is 0.349. The molecule has 0 fully saturated rings. The molecule has 8 nitrogen and oxygen atoms in total. The Morgan fingerprint density at radius 1 is 1.03 bits per heavy atom. The summed E-state index contributed by atoms with van der Waals surface area (Å²) < 4.78 is 20.6. The largest absolute Gasteiger partial charge is 0.439 e. The maximum Gasteiger partial charge on any atom is 0.300 e. The Morgan fingerprint density at radius 2 is 1.82 bits per heavy atom. The zero-order valence-corrected chi connectivity index (χ0v) is 17.8. The van der Waals surface area contributed by atoms with E-state index in [1.165, 1.54) is 18.5 Å². The number of nitrogens with zero attached hydrogens (tertiary/aromatic N) is 4. The number of imidazole rings is 1. The van der Waals surface area contributed by atoms with Crippen LogP contribution in [0.4, 0.5) is 16.0 Å². The number of benzene rings is 2. The fourth-order valence-corrected chi connectivity index (χ4v) is 3.41. The highest BCUT2D eigenvalue weighted by Gasteiger charge is 2.14. The molecule has 0 aliphatic rings. The van der Waals surface area contributed by atoms with Crippen LogP contribution in [0.25, 0.3) is 11.2 Å². The Hall–Kier alpha value is -4.24. The molecular formula is C23H16ClFN6O2. The number of hydrogen-bond acceptors (Lipinski definition) is 6. The van der Waals surface area contributed by atoms with Crippen molar-refractivity contribution in [1.82, 2.24) is 24.5 Å². The van der Waals surface area contributed by atoms with Gasteiger partial charge in [-0.1, -0.05) is 29.8 Å². The van der Waals surface area contributed by atoms with Crippen LogP contribution in [0.5, 0.6) is 11.6 Å². The molecule has 0 amide bonds. The average molecular weight is 463 g/mol. The molecule has 164 valence electrons. The van der Waals surface area contributed by atoms with Crippen molar-refractivity contribution in [2.24, 2.45) is 0 Å².